The number of carbonyl (C=O) groups is 1. The van der Waals surface area contributed by atoms with Crippen molar-refractivity contribution < 1.29 is 17.9 Å². The Morgan fingerprint density at radius 1 is 1.12 bits per heavy atom. The molecular weight excluding hydrogens is 324 g/mol. The van der Waals surface area contributed by atoms with Crippen molar-refractivity contribution in [3.05, 3.63) is 59.2 Å². The zero-order valence-electron chi connectivity index (χ0n) is 14.2. The van der Waals surface area contributed by atoms with Gasteiger partial charge >= 0.3 is 0 Å². The van der Waals surface area contributed by atoms with E-state index in [-0.39, 0.29) is 5.75 Å². The largest absolute Gasteiger partial charge is 0.497 e. The molecule has 4 nitrogen and oxygen atoms in total. The Morgan fingerprint density at radius 2 is 1.79 bits per heavy atom. The third kappa shape index (κ3) is 4.45. The van der Waals surface area contributed by atoms with E-state index < -0.39 is 15.8 Å². The maximum Gasteiger partial charge on any atom is 0.179 e. The normalized spacial score (nSPS) is 12.6. The van der Waals surface area contributed by atoms with Crippen LogP contribution in [0.4, 0.5) is 0 Å². The van der Waals surface area contributed by atoms with Crippen LogP contribution in [0, 0.1) is 12.8 Å². The number of aldehydes is 1. The molecule has 0 N–H and O–H groups in total. The highest BCUT2D eigenvalue weighted by Gasteiger charge is 2.21. The third-order valence-corrected chi connectivity index (χ3v) is 5.85. The van der Waals surface area contributed by atoms with Crippen LogP contribution in [0.25, 0.3) is 0 Å². The van der Waals surface area contributed by atoms with Gasteiger partial charge in [-0.25, -0.2) is 8.42 Å². The van der Waals surface area contributed by atoms with Gasteiger partial charge in [-0.2, -0.15) is 0 Å². The molecule has 0 spiro atoms. The summed E-state index contributed by atoms with van der Waals surface area (Å²) in [5.41, 5.74) is 2.75. The fourth-order valence-electron chi connectivity index (χ4n) is 2.59. The van der Waals surface area contributed by atoms with E-state index in [9.17, 15) is 13.2 Å². The van der Waals surface area contributed by atoms with E-state index in [0.717, 1.165) is 22.4 Å². The van der Waals surface area contributed by atoms with Crippen LogP contribution in [0.5, 0.6) is 5.75 Å². The molecule has 1 unspecified atom stereocenters. The number of hydrogen-bond donors (Lipinski definition) is 0. The van der Waals surface area contributed by atoms with Gasteiger partial charge in [0.25, 0.3) is 0 Å². The minimum Gasteiger partial charge on any atom is -0.497 e. The summed E-state index contributed by atoms with van der Waals surface area (Å²) in [4.78, 5) is 11.1. The first-order valence-corrected chi connectivity index (χ1v) is 9.41. The van der Waals surface area contributed by atoms with Gasteiger partial charge in [0, 0.05) is 5.92 Å². The summed E-state index contributed by atoms with van der Waals surface area (Å²) in [6.45, 7) is 3.55. The first-order valence-electron chi connectivity index (χ1n) is 7.76. The summed E-state index contributed by atoms with van der Waals surface area (Å²) >= 11 is 0. The van der Waals surface area contributed by atoms with E-state index in [1.807, 2.05) is 37.3 Å². The summed E-state index contributed by atoms with van der Waals surface area (Å²) in [5, 5.41) is 0. The number of benzene rings is 2. The molecular formula is C19H22O4S. The number of sulfone groups is 1. The summed E-state index contributed by atoms with van der Waals surface area (Å²) in [7, 11) is -1.90. The van der Waals surface area contributed by atoms with Crippen LogP contribution in [0.3, 0.4) is 0 Å². The molecule has 0 bridgehead atoms. The van der Waals surface area contributed by atoms with Crippen molar-refractivity contribution in [1.82, 2.24) is 0 Å². The van der Waals surface area contributed by atoms with Gasteiger partial charge < -0.3 is 9.53 Å². The topological polar surface area (TPSA) is 60.4 Å². The molecule has 0 amide bonds. The fraction of sp³-hybridized carbons (Fsp3) is 0.316. The highest BCUT2D eigenvalue weighted by molar-refractivity contribution is 7.91. The van der Waals surface area contributed by atoms with E-state index in [1.54, 1.807) is 26.2 Å². The van der Waals surface area contributed by atoms with E-state index >= 15 is 0 Å². The lowest BCUT2D eigenvalue weighted by Crippen LogP contribution is -2.16. The molecule has 2 rings (SSSR count). The summed E-state index contributed by atoms with van der Waals surface area (Å²) in [6.07, 6.45) is 1.19. The van der Waals surface area contributed by atoms with Crippen LogP contribution in [0.1, 0.15) is 23.6 Å². The Balaban J connectivity index is 2.38. The number of rotatable bonds is 7. The Hall–Kier alpha value is -2.14. The number of methoxy groups -OCH3 is 1. The molecule has 0 aliphatic carbocycles. The minimum atomic E-state index is -3.51. The van der Waals surface area contributed by atoms with Crippen molar-refractivity contribution in [3.63, 3.8) is 0 Å². The zero-order valence-corrected chi connectivity index (χ0v) is 15.0. The number of aryl methyl sites for hydroxylation is 1. The van der Waals surface area contributed by atoms with E-state index in [0.29, 0.717) is 17.6 Å². The maximum atomic E-state index is 12.6. The number of carbonyl (C=O) groups excluding carboxylic acids is 1. The Morgan fingerprint density at radius 3 is 2.38 bits per heavy atom. The predicted molar refractivity (Wildman–Crippen MR) is 94.3 cm³/mol. The first-order chi connectivity index (χ1) is 11.4. The van der Waals surface area contributed by atoms with Crippen molar-refractivity contribution in [2.45, 2.75) is 25.2 Å². The molecule has 2 aromatic rings. The second-order valence-electron chi connectivity index (χ2n) is 6.03. The second-order valence-corrected chi connectivity index (χ2v) is 8.03. The van der Waals surface area contributed by atoms with Gasteiger partial charge in [0.05, 0.1) is 17.8 Å². The van der Waals surface area contributed by atoms with E-state index in [4.69, 9.17) is 4.74 Å². The number of ether oxygens (including phenoxy) is 1. The van der Waals surface area contributed by atoms with Crippen LogP contribution < -0.4 is 4.74 Å². The average molecular weight is 346 g/mol. The average Bonchev–Trinajstić information content (AvgIpc) is 2.55. The van der Waals surface area contributed by atoms with Crippen molar-refractivity contribution in [1.29, 1.82) is 0 Å². The summed E-state index contributed by atoms with van der Waals surface area (Å²) in [5.74, 6) is 0.0654. The molecule has 128 valence electrons. The molecule has 5 heteroatoms. The fourth-order valence-corrected chi connectivity index (χ4v) is 4.34. The Bertz CT molecular complexity index is 808. The van der Waals surface area contributed by atoms with Crippen LogP contribution in [0.15, 0.2) is 47.4 Å². The smallest absolute Gasteiger partial charge is 0.179 e. The van der Waals surface area contributed by atoms with Crippen LogP contribution in [-0.2, 0) is 21.1 Å². The molecule has 0 radical (unpaired) electrons. The molecule has 0 saturated carbocycles. The molecule has 2 aromatic carbocycles. The lowest BCUT2D eigenvalue weighted by Gasteiger charge is -2.13. The molecule has 24 heavy (non-hydrogen) atoms. The molecule has 1 atom stereocenters. The zero-order chi connectivity index (χ0) is 17.7. The third-order valence-electron chi connectivity index (χ3n) is 3.82. The van der Waals surface area contributed by atoms with Crippen molar-refractivity contribution in [2.75, 3.05) is 12.9 Å². The highest BCUT2D eigenvalue weighted by Crippen LogP contribution is 2.24. The van der Waals surface area contributed by atoms with Gasteiger partial charge in [0.1, 0.15) is 12.0 Å². The van der Waals surface area contributed by atoms with Gasteiger partial charge in [-0.3, -0.25) is 0 Å². The van der Waals surface area contributed by atoms with Crippen LogP contribution in [-0.4, -0.2) is 27.6 Å². The molecule has 0 aliphatic heterocycles. The van der Waals surface area contributed by atoms with Crippen molar-refractivity contribution in [3.8, 4) is 5.75 Å². The lowest BCUT2D eigenvalue weighted by molar-refractivity contribution is -0.110. The minimum absolute atomic E-state index is 0.171. The quantitative estimate of drug-likeness (QED) is 0.722. The van der Waals surface area contributed by atoms with Crippen molar-refractivity contribution in [2.24, 2.45) is 5.92 Å². The molecule has 0 heterocycles. The SMILES string of the molecule is COc1ccc(Cc2cc(C)ccc2S(=O)(=O)CC(C)C=O)cc1. The Kier molecular flexibility index (Phi) is 5.78. The second kappa shape index (κ2) is 7.62. The van der Waals surface area contributed by atoms with Gasteiger partial charge in [-0.05, 0) is 42.7 Å². The van der Waals surface area contributed by atoms with Crippen molar-refractivity contribution >= 4 is 16.1 Å². The molecule has 0 aromatic heterocycles. The van der Waals surface area contributed by atoms with E-state index in [1.165, 1.54) is 0 Å². The van der Waals surface area contributed by atoms with Gasteiger partial charge in [0.15, 0.2) is 9.84 Å². The standard InChI is InChI=1S/C19H22O4S/c1-14-4-9-19(24(21,22)13-15(2)12-20)17(10-14)11-16-5-7-18(23-3)8-6-16/h4-10,12,15H,11,13H2,1-3H3. The van der Waals surface area contributed by atoms with Gasteiger partial charge in [0.2, 0.25) is 0 Å². The van der Waals surface area contributed by atoms with Crippen LogP contribution in [0.2, 0.25) is 0 Å². The molecule has 0 aliphatic rings. The van der Waals surface area contributed by atoms with Crippen LogP contribution >= 0.6 is 0 Å². The Labute approximate surface area is 143 Å². The van der Waals surface area contributed by atoms with Gasteiger partial charge in [-0.1, -0.05) is 36.8 Å². The molecule has 0 saturated heterocycles. The van der Waals surface area contributed by atoms with E-state index in [2.05, 4.69) is 0 Å². The van der Waals surface area contributed by atoms with Gasteiger partial charge in [-0.15, -0.1) is 0 Å². The maximum absolute atomic E-state index is 12.6. The summed E-state index contributed by atoms with van der Waals surface area (Å²) < 4.78 is 30.4. The monoisotopic (exact) mass is 346 g/mol. The number of hydrogen-bond acceptors (Lipinski definition) is 4. The first kappa shape index (κ1) is 18.2. The highest BCUT2D eigenvalue weighted by atomic mass is 32.2. The lowest BCUT2D eigenvalue weighted by atomic mass is 10.0. The summed E-state index contributed by atoms with van der Waals surface area (Å²) in [6, 6.07) is 12.9. The predicted octanol–water partition coefficient (Wildman–Crippen LogP) is 3.20. The molecule has 0 fully saturated rings.